The predicted octanol–water partition coefficient (Wildman–Crippen LogP) is 1.74. The highest BCUT2D eigenvalue weighted by molar-refractivity contribution is 5.85. The fraction of sp³-hybridized carbons (Fsp3) is 0.444. The molecule has 0 spiro atoms. The first-order chi connectivity index (χ1) is 5.18. The van der Waals surface area contributed by atoms with Crippen molar-refractivity contribution in [1.29, 1.82) is 0 Å². The largest absolute Gasteiger partial charge is 0.393 e. The lowest BCUT2D eigenvalue weighted by atomic mass is 10.2. The van der Waals surface area contributed by atoms with Gasteiger partial charge in [0.25, 0.3) is 0 Å². The van der Waals surface area contributed by atoms with Crippen molar-refractivity contribution in [2.75, 3.05) is 0 Å². The Morgan fingerprint density at radius 3 is 2.67 bits per heavy atom. The van der Waals surface area contributed by atoms with Gasteiger partial charge in [0.2, 0.25) is 0 Å². The summed E-state index contributed by atoms with van der Waals surface area (Å²) in [5.74, 6) is 0. The fourth-order valence-electron chi connectivity index (χ4n) is 1.02. The van der Waals surface area contributed by atoms with E-state index in [4.69, 9.17) is 5.11 Å². The summed E-state index contributed by atoms with van der Waals surface area (Å²) in [6, 6.07) is 5.84. The lowest BCUT2D eigenvalue weighted by molar-refractivity contribution is 0.194. The molecule has 68 valence electrons. The van der Waals surface area contributed by atoms with Crippen LogP contribution in [-0.2, 0) is 6.42 Å². The Balaban J connectivity index is 0.00000121. The molecule has 1 aromatic heterocycles. The van der Waals surface area contributed by atoms with Gasteiger partial charge < -0.3 is 5.11 Å². The van der Waals surface area contributed by atoms with Crippen molar-refractivity contribution in [2.24, 2.45) is 0 Å². The second-order valence-electron chi connectivity index (χ2n) is 2.82. The molecule has 0 bridgehead atoms. The molecule has 0 saturated heterocycles. The normalized spacial score (nSPS) is 11.9. The van der Waals surface area contributed by atoms with Crippen LogP contribution in [0.15, 0.2) is 18.2 Å². The zero-order valence-electron chi connectivity index (χ0n) is 7.32. The fourth-order valence-corrected chi connectivity index (χ4v) is 1.02. The number of aryl methyl sites for hydroxylation is 1. The first-order valence-corrected chi connectivity index (χ1v) is 3.79. The Kier molecular flexibility index (Phi) is 4.86. The number of hydrogen-bond acceptors (Lipinski definition) is 2. The van der Waals surface area contributed by atoms with Crippen molar-refractivity contribution in [3.05, 3.63) is 29.6 Å². The molecule has 1 unspecified atom stereocenters. The van der Waals surface area contributed by atoms with Gasteiger partial charge in [0.15, 0.2) is 0 Å². The third-order valence-corrected chi connectivity index (χ3v) is 1.45. The maximum absolute atomic E-state index is 9.06. The van der Waals surface area contributed by atoms with E-state index in [-0.39, 0.29) is 18.5 Å². The van der Waals surface area contributed by atoms with Crippen molar-refractivity contribution in [2.45, 2.75) is 26.4 Å². The van der Waals surface area contributed by atoms with Crippen LogP contribution in [0.2, 0.25) is 0 Å². The third-order valence-electron chi connectivity index (χ3n) is 1.45. The van der Waals surface area contributed by atoms with Gasteiger partial charge in [0.05, 0.1) is 6.10 Å². The standard InChI is InChI=1S/C9H13NO.ClH/c1-7-4-3-5-9(10-7)6-8(2)11;/h3-5,8,11H,6H2,1-2H3;1H. The van der Waals surface area contributed by atoms with Crippen LogP contribution in [0.1, 0.15) is 18.3 Å². The SMILES string of the molecule is Cc1cccc(CC(C)O)n1.Cl. The van der Waals surface area contributed by atoms with E-state index in [1.54, 1.807) is 6.92 Å². The monoisotopic (exact) mass is 187 g/mol. The van der Waals surface area contributed by atoms with Gasteiger partial charge in [-0.05, 0) is 26.0 Å². The van der Waals surface area contributed by atoms with Gasteiger partial charge in [-0.25, -0.2) is 0 Å². The maximum atomic E-state index is 9.06. The molecule has 0 amide bonds. The minimum Gasteiger partial charge on any atom is -0.393 e. The predicted molar refractivity (Wildman–Crippen MR) is 51.6 cm³/mol. The molecule has 1 rings (SSSR count). The molecule has 0 aromatic carbocycles. The summed E-state index contributed by atoms with van der Waals surface area (Å²) in [6.07, 6.45) is 0.339. The average molecular weight is 188 g/mol. The van der Waals surface area contributed by atoms with E-state index in [1.165, 1.54) is 0 Å². The van der Waals surface area contributed by atoms with Gasteiger partial charge in [-0.2, -0.15) is 0 Å². The van der Waals surface area contributed by atoms with Crippen LogP contribution in [0, 0.1) is 6.92 Å². The summed E-state index contributed by atoms with van der Waals surface area (Å²) in [6.45, 7) is 3.72. The Bertz CT molecular complexity index is 238. The van der Waals surface area contributed by atoms with Crippen LogP contribution in [-0.4, -0.2) is 16.2 Å². The molecule has 1 heterocycles. The lowest BCUT2D eigenvalue weighted by Gasteiger charge is -2.03. The molecule has 0 saturated carbocycles. The number of rotatable bonds is 2. The Morgan fingerprint density at radius 2 is 2.17 bits per heavy atom. The summed E-state index contributed by atoms with van der Waals surface area (Å²) in [4.78, 5) is 4.25. The number of aliphatic hydroxyl groups excluding tert-OH is 1. The van der Waals surface area contributed by atoms with Gasteiger partial charge in [-0.3, -0.25) is 4.98 Å². The van der Waals surface area contributed by atoms with Gasteiger partial charge in [-0.1, -0.05) is 6.07 Å². The highest BCUT2D eigenvalue weighted by Gasteiger charge is 1.98. The van der Waals surface area contributed by atoms with Gasteiger partial charge in [0.1, 0.15) is 0 Å². The summed E-state index contributed by atoms with van der Waals surface area (Å²) in [5, 5.41) is 9.06. The molecule has 0 fully saturated rings. The molecule has 0 aliphatic carbocycles. The zero-order valence-corrected chi connectivity index (χ0v) is 8.14. The van der Waals surface area contributed by atoms with Gasteiger partial charge >= 0.3 is 0 Å². The molecule has 1 aromatic rings. The van der Waals surface area contributed by atoms with Crippen LogP contribution in [0.5, 0.6) is 0 Å². The first-order valence-electron chi connectivity index (χ1n) is 3.79. The summed E-state index contributed by atoms with van der Waals surface area (Å²) >= 11 is 0. The van der Waals surface area contributed by atoms with Crippen LogP contribution in [0.25, 0.3) is 0 Å². The van der Waals surface area contributed by atoms with Crippen LogP contribution >= 0.6 is 12.4 Å². The average Bonchev–Trinajstić information content (AvgIpc) is 1.85. The molecule has 3 heteroatoms. The molecule has 12 heavy (non-hydrogen) atoms. The highest BCUT2D eigenvalue weighted by Crippen LogP contribution is 2.01. The number of aromatic nitrogens is 1. The van der Waals surface area contributed by atoms with E-state index in [1.807, 2.05) is 25.1 Å². The zero-order chi connectivity index (χ0) is 8.27. The Morgan fingerprint density at radius 1 is 1.50 bits per heavy atom. The van der Waals surface area contributed by atoms with Crippen molar-refractivity contribution in [3.8, 4) is 0 Å². The maximum Gasteiger partial charge on any atom is 0.0567 e. The summed E-state index contributed by atoms with van der Waals surface area (Å²) in [7, 11) is 0. The molecule has 2 nitrogen and oxygen atoms in total. The lowest BCUT2D eigenvalue weighted by Crippen LogP contribution is -2.05. The minimum atomic E-state index is -0.302. The number of halogens is 1. The minimum absolute atomic E-state index is 0. The molecule has 0 aliphatic rings. The molecule has 1 N–H and O–H groups in total. The van der Waals surface area contributed by atoms with Crippen molar-refractivity contribution in [1.82, 2.24) is 4.98 Å². The number of hydrogen-bond donors (Lipinski definition) is 1. The number of nitrogens with zero attached hydrogens (tertiary/aromatic N) is 1. The van der Waals surface area contributed by atoms with Crippen molar-refractivity contribution < 1.29 is 5.11 Å². The van der Waals surface area contributed by atoms with E-state index in [9.17, 15) is 0 Å². The van der Waals surface area contributed by atoms with Crippen LogP contribution in [0.4, 0.5) is 0 Å². The second-order valence-corrected chi connectivity index (χ2v) is 2.82. The van der Waals surface area contributed by atoms with E-state index in [0.29, 0.717) is 6.42 Å². The summed E-state index contributed by atoms with van der Waals surface area (Å²) in [5.41, 5.74) is 1.96. The first kappa shape index (κ1) is 11.4. The molecule has 0 radical (unpaired) electrons. The topological polar surface area (TPSA) is 33.1 Å². The highest BCUT2D eigenvalue weighted by atomic mass is 35.5. The van der Waals surface area contributed by atoms with Crippen LogP contribution < -0.4 is 0 Å². The van der Waals surface area contributed by atoms with E-state index in [2.05, 4.69) is 4.98 Å². The van der Waals surface area contributed by atoms with Crippen molar-refractivity contribution >= 4 is 12.4 Å². The smallest absolute Gasteiger partial charge is 0.0567 e. The third kappa shape index (κ3) is 3.69. The van der Waals surface area contributed by atoms with Crippen molar-refractivity contribution in [3.63, 3.8) is 0 Å². The van der Waals surface area contributed by atoms with E-state index < -0.39 is 0 Å². The molecular formula is C9H14ClNO. The second kappa shape index (κ2) is 5.12. The number of aliphatic hydroxyl groups is 1. The van der Waals surface area contributed by atoms with Gasteiger partial charge in [0, 0.05) is 17.8 Å². The number of pyridine rings is 1. The molecule has 1 atom stereocenters. The van der Waals surface area contributed by atoms with E-state index in [0.717, 1.165) is 11.4 Å². The van der Waals surface area contributed by atoms with Crippen LogP contribution in [0.3, 0.4) is 0 Å². The quantitative estimate of drug-likeness (QED) is 0.765. The molecular weight excluding hydrogens is 174 g/mol. The van der Waals surface area contributed by atoms with Gasteiger partial charge in [-0.15, -0.1) is 12.4 Å². The Hall–Kier alpha value is -0.600. The van der Waals surface area contributed by atoms with E-state index >= 15 is 0 Å². The molecule has 0 aliphatic heterocycles. The summed E-state index contributed by atoms with van der Waals surface area (Å²) < 4.78 is 0. The Labute approximate surface area is 79.1 Å².